The lowest BCUT2D eigenvalue weighted by atomic mass is 10.1. The van der Waals surface area contributed by atoms with Crippen LogP contribution in [0.3, 0.4) is 0 Å². The van der Waals surface area contributed by atoms with Gasteiger partial charge in [0.15, 0.2) is 0 Å². The van der Waals surface area contributed by atoms with Crippen LogP contribution in [0.15, 0.2) is 36.4 Å². The van der Waals surface area contributed by atoms with E-state index >= 15 is 0 Å². The van der Waals surface area contributed by atoms with E-state index in [0.717, 1.165) is 11.4 Å². The number of rotatable bonds is 7. The Kier molecular flexibility index (Phi) is 6.65. The predicted molar refractivity (Wildman–Crippen MR) is 92.8 cm³/mol. The fourth-order valence-corrected chi connectivity index (χ4v) is 2.64. The zero-order valence-corrected chi connectivity index (χ0v) is 14.8. The number of carbonyl (C=O) groups is 1. The van der Waals surface area contributed by atoms with Gasteiger partial charge in [-0.15, -0.1) is 0 Å². The van der Waals surface area contributed by atoms with Gasteiger partial charge < -0.3 is 10.6 Å². The molecule has 1 atom stereocenters. The molecule has 2 amide bonds. The molecule has 142 valence electrons. The van der Waals surface area contributed by atoms with E-state index in [4.69, 9.17) is 0 Å². The number of benzene rings is 1. The molecule has 0 saturated heterocycles. The fraction of sp³-hybridized carbons (Fsp3) is 0.444. The topological polar surface area (TPSA) is 59.0 Å². The molecule has 8 heteroatoms. The second-order valence-electron chi connectivity index (χ2n) is 6.19. The summed E-state index contributed by atoms with van der Waals surface area (Å²) in [5.74, 6) is 0. The monoisotopic (exact) mass is 368 g/mol. The van der Waals surface area contributed by atoms with Crippen molar-refractivity contribution in [2.45, 2.75) is 45.5 Å². The van der Waals surface area contributed by atoms with Gasteiger partial charge in [-0.1, -0.05) is 30.3 Å². The van der Waals surface area contributed by atoms with Crippen LogP contribution in [-0.4, -0.2) is 34.6 Å². The first kappa shape index (κ1) is 19.8. The van der Waals surface area contributed by atoms with Crippen molar-refractivity contribution in [1.82, 2.24) is 20.4 Å². The second kappa shape index (κ2) is 8.73. The molecule has 0 fully saturated rings. The Morgan fingerprint density at radius 2 is 1.92 bits per heavy atom. The molecule has 2 N–H and O–H groups in total. The molecule has 26 heavy (non-hydrogen) atoms. The Morgan fingerprint density at radius 3 is 2.50 bits per heavy atom. The number of nitrogens with one attached hydrogen (secondary N) is 2. The average molecular weight is 368 g/mol. The Balaban J connectivity index is 1.80. The molecular weight excluding hydrogens is 345 g/mol. The third kappa shape index (κ3) is 6.09. The molecule has 0 aliphatic carbocycles. The van der Waals surface area contributed by atoms with Crippen molar-refractivity contribution in [2.75, 3.05) is 6.54 Å². The van der Waals surface area contributed by atoms with Crippen LogP contribution in [0.4, 0.5) is 18.0 Å². The van der Waals surface area contributed by atoms with E-state index in [1.54, 1.807) is 30.3 Å². The SMILES string of the molecule is Cc1cc(C)n(CCCNC(=O)NC(Cc2ccccc2)C(F)(F)F)n1. The van der Waals surface area contributed by atoms with E-state index in [1.807, 2.05) is 29.9 Å². The lowest BCUT2D eigenvalue weighted by molar-refractivity contribution is -0.152. The number of urea groups is 1. The van der Waals surface area contributed by atoms with Crippen molar-refractivity contribution in [1.29, 1.82) is 0 Å². The van der Waals surface area contributed by atoms with Crippen LogP contribution in [-0.2, 0) is 13.0 Å². The summed E-state index contributed by atoms with van der Waals surface area (Å²) in [6.07, 6.45) is -4.24. The molecule has 5 nitrogen and oxygen atoms in total. The highest BCUT2D eigenvalue weighted by Gasteiger charge is 2.40. The number of aromatic nitrogens is 2. The summed E-state index contributed by atoms with van der Waals surface area (Å²) in [6, 6.07) is 7.47. The Hall–Kier alpha value is -2.51. The molecule has 0 bridgehead atoms. The first-order valence-electron chi connectivity index (χ1n) is 8.42. The molecule has 1 unspecified atom stereocenters. The summed E-state index contributed by atoms with van der Waals surface area (Å²) in [4.78, 5) is 11.8. The highest BCUT2D eigenvalue weighted by Crippen LogP contribution is 2.23. The highest BCUT2D eigenvalue weighted by atomic mass is 19.4. The van der Waals surface area contributed by atoms with Crippen LogP contribution in [0, 0.1) is 13.8 Å². The van der Waals surface area contributed by atoms with Gasteiger partial charge in [0.05, 0.1) is 5.69 Å². The number of amides is 2. The van der Waals surface area contributed by atoms with Crippen LogP contribution in [0.2, 0.25) is 0 Å². The largest absolute Gasteiger partial charge is 0.408 e. The first-order valence-corrected chi connectivity index (χ1v) is 8.42. The predicted octanol–water partition coefficient (Wildman–Crippen LogP) is 3.36. The van der Waals surface area contributed by atoms with Gasteiger partial charge in [0.2, 0.25) is 0 Å². The third-order valence-corrected chi connectivity index (χ3v) is 3.92. The Labute approximate surface area is 150 Å². The molecule has 1 aromatic heterocycles. The van der Waals surface area contributed by atoms with Gasteiger partial charge in [-0.05, 0) is 31.9 Å². The third-order valence-electron chi connectivity index (χ3n) is 3.92. The smallest absolute Gasteiger partial charge is 0.338 e. The molecular formula is C18H23F3N4O. The molecule has 0 aliphatic heterocycles. The van der Waals surface area contributed by atoms with Crippen LogP contribution in [0.5, 0.6) is 0 Å². The maximum atomic E-state index is 13.2. The molecule has 0 spiro atoms. The van der Waals surface area contributed by atoms with E-state index in [0.29, 0.717) is 18.5 Å². The van der Waals surface area contributed by atoms with Gasteiger partial charge in [0.1, 0.15) is 6.04 Å². The number of carbonyl (C=O) groups excluding carboxylic acids is 1. The van der Waals surface area contributed by atoms with E-state index in [-0.39, 0.29) is 13.0 Å². The maximum Gasteiger partial charge on any atom is 0.408 e. The van der Waals surface area contributed by atoms with Crippen LogP contribution in [0.25, 0.3) is 0 Å². The molecule has 2 aromatic rings. The number of aryl methyl sites for hydroxylation is 3. The highest BCUT2D eigenvalue weighted by molar-refractivity contribution is 5.74. The number of halogens is 3. The van der Waals surface area contributed by atoms with Crippen LogP contribution < -0.4 is 10.6 Å². The van der Waals surface area contributed by atoms with Gasteiger partial charge in [-0.25, -0.2) is 4.79 Å². The molecule has 0 aliphatic rings. The van der Waals surface area contributed by atoms with E-state index in [2.05, 4.69) is 10.4 Å². The lowest BCUT2D eigenvalue weighted by Crippen LogP contribution is -2.50. The fourth-order valence-electron chi connectivity index (χ4n) is 2.64. The zero-order chi connectivity index (χ0) is 19.2. The van der Waals surface area contributed by atoms with E-state index in [9.17, 15) is 18.0 Å². The quantitative estimate of drug-likeness (QED) is 0.737. The minimum absolute atomic E-state index is 0.264. The summed E-state index contributed by atoms with van der Waals surface area (Å²) in [6.45, 7) is 4.67. The first-order chi connectivity index (χ1) is 12.3. The number of alkyl halides is 3. The molecule has 0 radical (unpaired) electrons. The Morgan fingerprint density at radius 1 is 1.23 bits per heavy atom. The van der Waals surface area contributed by atoms with Crippen LogP contribution in [0.1, 0.15) is 23.4 Å². The summed E-state index contributed by atoms with van der Waals surface area (Å²) in [5.41, 5.74) is 2.42. The molecule has 1 heterocycles. The summed E-state index contributed by atoms with van der Waals surface area (Å²) < 4.78 is 41.3. The van der Waals surface area contributed by atoms with E-state index in [1.165, 1.54) is 0 Å². The van der Waals surface area contributed by atoms with Gasteiger partial charge in [0.25, 0.3) is 0 Å². The van der Waals surface area contributed by atoms with Crippen molar-refractivity contribution >= 4 is 6.03 Å². The number of hydrogen-bond donors (Lipinski definition) is 2. The second-order valence-corrected chi connectivity index (χ2v) is 6.19. The van der Waals surface area contributed by atoms with Gasteiger partial charge >= 0.3 is 12.2 Å². The van der Waals surface area contributed by atoms with Gasteiger partial charge in [-0.2, -0.15) is 18.3 Å². The average Bonchev–Trinajstić information content (AvgIpc) is 2.89. The molecule has 0 saturated carbocycles. The van der Waals surface area contributed by atoms with Crippen molar-refractivity contribution in [3.05, 3.63) is 53.3 Å². The van der Waals surface area contributed by atoms with Gasteiger partial charge in [-0.3, -0.25) is 4.68 Å². The summed E-state index contributed by atoms with van der Waals surface area (Å²) in [7, 11) is 0. The Bertz CT molecular complexity index is 713. The van der Waals surface area contributed by atoms with Gasteiger partial charge in [0, 0.05) is 25.2 Å². The number of hydrogen-bond acceptors (Lipinski definition) is 2. The standard InChI is InChI=1S/C18H23F3N4O/c1-13-11-14(2)25(24-13)10-6-9-22-17(26)23-16(18(19,20)21)12-15-7-4-3-5-8-15/h3-5,7-8,11,16H,6,9-10,12H2,1-2H3,(H2,22,23,26). The minimum atomic E-state index is -4.52. The molecule has 1 aromatic carbocycles. The lowest BCUT2D eigenvalue weighted by Gasteiger charge is -2.22. The minimum Gasteiger partial charge on any atom is -0.338 e. The van der Waals surface area contributed by atoms with Crippen molar-refractivity contribution in [3.63, 3.8) is 0 Å². The van der Waals surface area contributed by atoms with Crippen molar-refractivity contribution < 1.29 is 18.0 Å². The normalized spacial score (nSPS) is 12.7. The van der Waals surface area contributed by atoms with Crippen molar-refractivity contribution in [2.24, 2.45) is 0 Å². The zero-order valence-electron chi connectivity index (χ0n) is 14.8. The van der Waals surface area contributed by atoms with E-state index < -0.39 is 18.2 Å². The number of nitrogens with zero attached hydrogens (tertiary/aromatic N) is 2. The summed E-state index contributed by atoms with van der Waals surface area (Å²) in [5, 5.41) is 8.79. The molecule has 2 rings (SSSR count). The summed E-state index contributed by atoms with van der Waals surface area (Å²) >= 11 is 0. The van der Waals surface area contributed by atoms with Crippen molar-refractivity contribution in [3.8, 4) is 0 Å². The van der Waals surface area contributed by atoms with Crippen LogP contribution >= 0.6 is 0 Å². The maximum absolute atomic E-state index is 13.2.